The number of H-pyrrole nitrogens is 1. The third-order valence-electron chi connectivity index (χ3n) is 6.70. The molecule has 1 saturated carbocycles. The van der Waals surface area contributed by atoms with Crippen LogP contribution in [0.5, 0.6) is 5.75 Å². The number of nitrogens with one attached hydrogen (secondary N) is 1. The van der Waals surface area contributed by atoms with Gasteiger partial charge in [-0.15, -0.1) is 0 Å². The Morgan fingerprint density at radius 1 is 1.29 bits per heavy atom. The summed E-state index contributed by atoms with van der Waals surface area (Å²) >= 11 is 0. The maximum absolute atomic E-state index is 16.4. The van der Waals surface area contributed by atoms with Gasteiger partial charge >= 0.3 is 11.9 Å². The van der Waals surface area contributed by atoms with E-state index in [1.54, 1.807) is 11.8 Å². The van der Waals surface area contributed by atoms with E-state index in [-0.39, 0.29) is 51.8 Å². The van der Waals surface area contributed by atoms with Gasteiger partial charge in [-0.1, -0.05) is 0 Å². The first-order valence-corrected chi connectivity index (χ1v) is 11.3. The number of nitrogens with two attached hydrogens (primary N) is 1. The van der Waals surface area contributed by atoms with Crippen molar-refractivity contribution in [2.24, 2.45) is 11.7 Å². The minimum Gasteiger partial charge on any atom is -0.505 e. The number of anilines is 1. The number of pyridine rings is 1. The van der Waals surface area contributed by atoms with Gasteiger partial charge in [-0.05, 0) is 38.6 Å². The number of aromatic carboxylic acids is 1. The van der Waals surface area contributed by atoms with Gasteiger partial charge in [0.2, 0.25) is 5.43 Å². The highest BCUT2D eigenvalue weighted by Gasteiger charge is 2.35. The largest absolute Gasteiger partial charge is 0.505 e. The summed E-state index contributed by atoms with van der Waals surface area (Å²) in [4.78, 5) is 42.1. The van der Waals surface area contributed by atoms with E-state index >= 15 is 4.39 Å². The van der Waals surface area contributed by atoms with E-state index in [9.17, 15) is 24.6 Å². The molecule has 2 fully saturated rings. The summed E-state index contributed by atoms with van der Waals surface area (Å²) in [5.41, 5.74) is 4.11. The Kier molecular flexibility index (Phi) is 5.23. The normalized spacial score (nSPS) is 18.2. The van der Waals surface area contributed by atoms with Crippen LogP contribution in [0.3, 0.4) is 0 Å². The number of aromatic hydroxyl groups is 1. The molecule has 1 unspecified atom stereocenters. The number of hydrogen-bond donors (Lipinski definition) is 4. The number of aromatic nitrogens is 2. The molecule has 1 saturated heterocycles. The molecule has 0 amide bonds. The zero-order valence-electron chi connectivity index (χ0n) is 18.6. The Bertz CT molecular complexity index is 1410. The molecule has 1 aromatic carbocycles. The second-order valence-corrected chi connectivity index (χ2v) is 8.86. The van der Waals surface area contributed by atoms with E-state index in [2.05, 4.69) is 4.98 Å². The number of ether oxygens (including phenoxy) is 1. The number of carbonyl (C=O) groups excluding carboxylic acids is 1. The topological polar surface area (TPSA) is 151 Å². The number of fused-ring (bicyclic) bond motifs is 3. The summed E-state index contributed by atoms with van der Waals surface area (Å²) in [5.74, 6) is -3.47. The fourth-order valence-electron chi connectivity index (χ4n) is 4.89. The maximum atomic E-state index is 16.4. The molecule has 180 valence electrons. The quantitative estimate of drug-likeness (QED) is 0.399. The fourth-order valence-corrected chi connectivity index (χ4v) is 4.89. The summed E-state index contributed by atoms with van der Waals surface area (Å²) in [6.07, 6.45) is 3.34. The van der Waals surface area contributed by atoms with Crippen molar-refractivity contribution in [3.05, 3.63) is 33.5 Å². The van der Waals surface area contributed by atoms with Crippen LogP contribution < -0.4 is 16.1 Å². The monoisotopic (exact) mass is 472 g/mol. The van der Waals surface area contributed by atoms with Crippen LogP contribution in [-0.4, -0.2) is 57.9 Å². The number of aromatic amines is 1. The Morgan fingerprint density at radius 3 is 2.62 bits per heavy atom. The molecule has 2 aliphatic rings. The summed E-state index contributed by atoms with van der Waals surface area (Å²) < 4.78 is 22.9. The van der Waals surface area contributed by atoms with Gasteiger partial charge in [0.25, 0.3) is 0 Å². The van der Waals surface area contributed by atoms with Crippen molar-refractivity contribution in [2.45, 2.75) is 32.2 Å². The van der Waals surface area contributed by atoms with Gasteiger partial charge in [-0.2, -0.15) is 0 Å². The molecular weight excluding hydrogens is 447 g/mol. The Labute approximate surface area is 192 Å². The van der Waals surface area contributed by atoms with Crippen molar-refractivity contribution in [1.82, 2.24) is 9.55 Å². The molecule has 5 N–H and O–H groups in total. The Hall–Kier alpha value is -3.60. The number of nitrogens with zero attached hydrogens (tertiary/aromatic N) is 2. The van der Waals surface area contributed by atoms with Gasteiger partial charge in [-0.25, -0.2) is 14.0 Å². The number of rotatable bonds is 6. The third kappa shape index (κ3) is 3.22. The lowest BCUT2D eigenvalue weighted by Crippen LogP contribution is -2.25. The number of hydrogen-bond acceptors (Lipinski definition) is 7. The molecule has 0 radical (unpaired) electrons. The molecule has 34 heavy (non-hydrogen) atoms. The molecule has 1 atom stereocenters. The van der Waals surface area contributed by atoms with Crippen molar-refractivity contribution in [3.8, 4) is 5.75 Å². The van der Waals surface area contributed by atoms with Crippen LogP contribution >= 0.6 is 0 Å². The van der Waals surface area contributed by atoms with Gasteiger partial charge in [0.05, 0.1) is 34.1 Å². The summed E-state index contributed by atoms with van der Waals surface area (Å²) in [6.45, 7) is 2.96. The first-order chi connectivity index (χ1) is 16.3. The van der Waals surface area contributed by atoms with Crippen LogP contribution in [0.25, 0.3) is 21.8 Å². The first-order valence-electron chi connectivity index (χ1n) is 11.3. The van der Waals surface area contributed by atoms with Crippen LogP contribution in [0.4, 0.5) is 10.1 Å². The number of carboxylic acid groups (broad SMARTS) is 1. The van der Waals surface area contributed by atoms with Gasteiger partial charge in [0, 0.05) is 25.3 Å². The van der Waals surface area contributed by atoms with Crippen molar-refractivity contribution in [2.75, 3.05) is 31.1 Å². The van der Waals surface area contributed by atoms with Crippen LogP contribution in [-0.2, 0) is 4.74 Å². The smallest absolute Gasteiger partial charge is 0.358 e. The average molecular weight is 472 g/mol. The molecule has 10 nitrogen and oxygen atoms in total. The van der Waals surface area contributed by atoms with E-state index in [1.807, 2.05) is 0 Å². The molecule has 1 aliphatic carbocycles. The van der Waals surface area contributed by atoms with E-state index in [0.717, 1.165) is 6.42 Å². The number of carboxylic acids is 1. The lowest BCUT2D eigenvalue weighted by molar-refractivity contribution is 0.0516. The van der Waals surface area contributed by atoms with Crippen LogP contribution in [0, 0.1) is 11.7 Å². The standard InChI is InChI=1S/C23H25FN4O6/c1-2-34-23(33)17-21(30)13-16(26-17)14-19(15(24)18(13)27-6-5-10(7-25)8-27)28(11-3-4-11)9-12(20(14)29)22(31)32/h9-11,26,30H,2-8,25H2,1H3,(H,31,32). The number of carbonyl (C=O) groups is 2. The maximum Gasteiger partial charge on any atom is 0.358 e. The Morgan fingerprint density at radius 2 is 2.03 bits per heavy atom. The van der Waals surface area contributed by atoms with E-state index in [0.29, 0.717) is 32.5 Å². The lowest BCUT2D eigenvalue weighted by atomic mass is 10.0. The summed E-state index contributed by atoms with van der Waals surface area (Å²) in [7, 11) is 0. The second kappa shape index (κ2) is 8.01. The van der Waals surface area contributed by atoms with Gasteiger partial charge in [-0.3, -0.25) is 4.79 Å². The highest BCUT2D eigenvalue weighted by Crippen LogP contribution is 2.46. The predicted octanol–water partition coefficient (Wildman–Crippen LogP) is 2.32. The molecule has 11 heteroatoms. The molecule has 2 aromatic heterocycles. The van der Waals surface area contributed by atoms with Crippen LogP contribution in [0.15, 0.2) is 11.0 Å². The molecule has 5 rings (SSSR count). The van der Waals surface area contributed by atoms with E-state index in [1.165, 1.54) is 10.8 Å². The fraction of sp³-hybridized carbons (Fsp3) is 0.435. The molecule has 3 heterocycles. The van der Waals surface area contributed by atoms with E-state index in [4.69, 9.17) is 10.5 Å². The molecule has 0 bridgehead atoms. The molecular formula is C23H25FN4O6. The third-order valence-corrected chi connectivity index (χ3v) is 6.70. The first kappa shape index (κ1) is 22.2. The number of halogens is 1. The minimum atomic E-state index is -1.44. The molecule has 3 aromatic rings. The predicted molar refractivity (Wildman–Crippen MR) is 122 cm³/mol. The Balaban J connectivity index is 1.94. The zero-order chi connectivity index (χ0) is 24.3. The lowest BCUT2D eigenvalue weighted by Gasteiger charge is -2.23. The highest BCUT2D eigenvalue weighted by atomic mass is 19.1. The second-order valence-electron chi connectivity index (χ2n) is 8.86. The van der Waals surface area contributed by atoms with Crippen molar-refractivity contribution in [1.29, 1.82) is 0 Å². The SMILES string of the molecule is CCOC(=O)c1[nH]c2c(c1O)c(N1CCC(CN)C1)c(F)c1c2c(=O)c(C(=O)O)cn1C1CC1. The van der Waals surface area contributed by atoms with Gasteiger partial charge < -0.3 is 35.1 Å². The van der Waals surface area contributed by atoms with Crippen LogP contribution in [0.2, 0.25) is 0 Å². The van der Waals surface area contributed by atoms with Crippen LogP contribution in [0.1, 0.15) is 53.1 Å². The van der Waals surface area contributed by atoms with E-state index < -0.39 is 34.5 Å². The van der Waals surface area contributed by atoms with Crippen molar-refractivity contribution in [3.63, 3.8) is 0 Å². The summed E-state index contributed by atoms with van der Waals surface area (Å²) in [5, 5.41) is 20.4. The zero-order valence-corrected chi connectivity index (χ0v) is 18.6. The molecule has 0 spiro atoms. The van der Waals surface area contributed by atoms with Gasteiger partial charge in [0.15, 0.2) is 17.3 Å². The minimum absolute atomic E-state index is 0.00523. The number of esters is 1. The van der Waals surface area contributed by atoms with Crippen molar-refractivity contribution < 1.29 is 28.9 Å². The van der Waals surface area contributed by atoms with Gasteiger partial charge in [0.1, 0.15) is 5.56 Å². The molecule has 1 aliphatic heterocycles. The van der Waals surface area contributed by atoms with Crippen molar-refractivity contribution >= 4 is 39.4 Å². The average Bonchev–Trinajstić information content (AvgIpc) is 3.44. The summed E-state index contributed by atoms with van der Waals surface area (Å²) in [6, 6.07) is -0.149. The number of benzene rings is 1. The highest BCUT2D eigenvalue weighted by molar-refractivity contribution is 6.17.